The lowest BCUT2D eigenvalue weighted by Crippen LogP contribution is -2.27. The summed E-state index contributed by atoms with van der Waals surface area (Å²) in [4.78, 5) is 15.3. The molecule has 3 aromatic rings. The van der Waals surface area contributed by atoms with Crippen LogP contribution in [0.3, 0.4) is 0 Å². The molecule has 154 valence electrons. The zero-order valence-corrected chi connectivity index (χ0v) is 17.1. The smallest absolute Gasteiger partial charge is 0.266 e. The Balaban J connectivity index is 1.82. The van der Waals surface area contributed by atoms with Crippen LogP contribution in [0.4, 0.5) is 19.0 Å². The van der Waals surface area contributed by atoms with Crippen LogP contribution in [0.2, 0.25) is 5.02 Å². The summed E-state index contributed by atoms with van der Waals surface area (Å²) in [5.74, 6) is -2.20. The Hall–Kier alpha value is -2.35. The lowest BCUT2D eigenvalue weighted by atomic mass is 9.96. The predicted molar refractivity (Wildman–Crippen MR) is 106 cm³/mol. The van der Waals surface area contributed by atoms with E-state index in [9.17, 15) is 13.2 Å². The van der Waals surface area contributed by atoms with Crippen LogP contribution in [0, 0.1) is 5.82 Å². The number of rotatable bonds is 3. The molecular weight excluding hydrogens is 403 g/mol. The van der Waals surface area contributed by atoms with Crippen LogP contribution in [0.1, 0.15) is 38.6 Å². The standard InChI is InChI=1S/C20H21ClF3N5/c1-19(2,3)18-26-16(28-7-6-20(23,24)10-28)15-17(27-18)29(11-25-15)9-12-4-5-13(22)8-14(12)21/h4-5,8,11H,6-7,9-10H2,1-3H3. The molecule has 0 aliphatic carbocycles. The molecule has 0 atom stereocenters. The molecule has 3 heterocycles. The minimum Gasteiger partial charge on any atom is -0.348 e. The van der Waals surface area contributed by atoms with Crippen LogP contribution in [-0.4, -0.2) is 38.5 Å². The molecule has 5 nitrogen and oxygen atoms in total. The van der Waals surface area contributed by atoms with E-state index in [0.717, 1.165) is 0 Å². The van der Waals surface area contributed by atoms with Gasteiger partial charge in [0.25, 0.3) is 5.92 Å². The second-order valence-corrected chi connectivity index (χ2v) is 8.84. The molecule has 0 radical (unpaired) electrons. The average Bonchev–Trinajstić information content (AvgIpc) is 3.19. The lowest BCUT2D eigenvalue weighted by Gasteiger charge is -2.22. The summed E-state index contributed by atoms with van der Waals surface area (Å²) in [6.07, 6.45) is 1.37. The number of hydrogen-bond donors (Lipinski definition) is 0. The predicted octanol–water partition coefficient (Wildman–Crippen LogP) is 4.81. The first-order valence-electron chi connectivity index (χ1n) is 9.33. The highest BCUT2D eigenvalue weighted by Crippen LogP contribution is 2.34. The number of aromatic nitrogens is 4. The van der Waals surface area contributed by atoms with Crippen molar-refractivity contribution in [2.24, 2.45) is 0 Å². The third-order valence-corrected chi connectivity index (χ3v) is 5.29. The van der Waals surface area contributed by atoms with Gasteiger partial charge in [0.15, 0.2) is 17.0 Å². The van der Waals surface area contributed by atoms with Gasteiger partial charge in [0, 0.05) is 23.4 Å². The van der Waals surface area contributed by atoms with Crippen molar-refractivity contribution < 1.29 is 13.2 Å². The van der Waals surface area contributed by atoms with E-state index in [-0.39, 0.29) is 24.9 Å². The third-order valence-electron chi connectivity index (χ3n) is 4.94. The summed E-state index contributed by atoms with van der Waals surface area (Å²) in [5, 5.41) is 0.302. The van der Waals surface area contributed by atoms with Gasteiger partial charge in [-0.3, -0.25) is 0 Å². The molecule has 0 amide bonds. The van der Waals surface area contributed by atoms with Gasteiger partial charge in [-0.2, -0.15) is 0 Å². The molecule has 1 aromatic carbocycles. The summed E-state index contributed by atoms with van der Waals surface area (Å²) in [7, 11) is 0. The van der Waals surface area contributed by atoms with E-state index in [1.807, 2.05) is 20.8 Å². The summed E-state index contributed by atoms with van der Waals surface area (Å²) >= 11 is 6.17. The van der Waals surface area contributed by atoms with E-state index in [4.69, 9.17) is 11.6 Å². The topological polar surface area (TPSA) is 46.8 Å². The van der Waals surface area contributed by atoms with E-state index in [0.29, 0.717) is 39.9 Å². The van der Waals surface area contributed by atoms with Gasteiger partial charge < -0.3 is 9.47 Å². The van der Waals surface area contributed by atoms with Crippen molar-refractivity contribution in [3.05, 3.63) is 46.8 Å². The van der Waals surface area contributed by atoms with Crippen LogP contribution >= 0.6 is 11.6 Å². The molecule has 0 saturated carbocycles. The summed E-state index contributed by atoms with van der Waals surface area (Å²) < 4.78 is 42.8. The van der Waals surface area contributed by atoms with E-state index >= 15 is 0 Å². The largest absolute Gasteiger partial charge is 0.348 e. The number of fused-ring (bicyclic) bond motifs is 1. The van der Waals surface area contributed by atoms with Gasteiger partial charge in [0.05, 0.1) is 19.4 Å². The van der Waals surface area contributed by atoms with Crippen LogP contribution in [0.25, 0.3) is 11.2 Å². The van der Waals surface area contributed by atoms with E-state index in [1.54, 1.807) is 21.9 Å². The Morgan fingerprint density at radius 1 is 1.21 bits per heavy atom. The molecule has 1 aliphatic rings. The highest BCUT2D eigenvalue weighted by molar-refractivity contribution is 6.31. The molecule has 0 spiro atoms. The second-order valence-electron chi connectivity index (χ2n) is 8.43. The van der Waals surface area contributed by atoms with Crippen LogP contribution in [0.5, 0.6) is 0 Å². The molecule has 4 rings (SSSR count). The zero-order valence-electron chi connectivity index (χ0n) is 16.4. The molecule has 1 fully saturated rings. The van der Waals surface area contributed by atoms with Crippen LogP contribution in [0.15, 0.2) is 24.5 Å². The normalized spacial score (nSPS) is 16.7. The number of nitrogens with zero attached hydrogens (tertiary/aromatic N) is 5. The molecule has 29 heavy (non-hydrogen) atoms. The zero-order chi connectivity index (χ0) is 21.0. The quantitative estimate of drug-likeness (QED) is 0.606. The van der Waals surface area contributed by atoms with Crippen molar-refractivity contribution in [1.29, 1.82) is 0 Å². The van der Waals surface area contributed by atoms with Gasteiger partial charge in [-0.25, -0.2) is 28.1 Å². The molecule has 9 heteroatoms. The van der Waals surface area contributed by atoms with Gasteiger partial charge in [-0.1, -0.05) is 38.4 Å². The number of benzene rings is 1. The van der Waals surface area contributed by atoms with Crippen molar-refractivity contribution in [1.82, 2.24) is 19.5 Å². The maximum atomic E-state index is 13.8. The fourth-order valence-electron chi connectivity index (χ4n) is 3.35. The number of anilines is 1. The number of alkyl halides is 2. The maximum absolute atomic E-state index is 13.8. The first-order chi connectivity index (χ1) is 13.5. The SMILES string of the molecule is CC(C)(C)c1nc(N2CCC(F)(F)C2)c2ncn(Cc3ccc(F)cc3Cl)c2n1. The van der Waals surface area contributed by atoms with Gasteiger partial charge in [0.1, 0.15) is 11.6 Å². The van der Waals surface area contributed by atoms with Gasteiger partial charge >= 0.3 is 0 Å². The Bertz CT molecular complexity index is 1070. The Labute approximate surface area is 171 Å². The summed E-state index contributed by atoms with van der Waals surface area (Å²) in [5.41, 5.74) is 1.33. The van der Waals surface area contributed by atoms with Crippen molar-refractivity contribution in [3.63, 3.8) is 0 Å². The van der Waals surface area contributed by atoms with Crippen LogP contribution in [-0.2, 0) is 12.0 Å². The number of imidazole rings is 1. The number of hydrogen-bond acceptors (Lipinski definition) is 4. The molecule has 0 unspecified atom stereocenters. The fraction of sp³-hybridized carbons (Fsp3) is 0.450. The Morgan fingerprint density at radius 3 is 2.59 bits per heavy atom. The fourth-order valence-corrected chi connectivity index (χ4v) is 3.58. The highest BCUT2D eigenvalue weighted by atomic mass is 35.5. The summed E-state index contributed by atoms with van der Waals surface area (Å²) in [6.45, 7) is 6.04. The molecule has 0 N–H and O–H groups in total. The second kappa shape index (κ2) is 6.86. The van der Waals surface area contributed by atoms with E-state index in [2.05, 4.69) is 15.0 Å². The minimum absolute atomic E-state index is 0.208. The summed E-state index contributed by atoms with van der Waals surface area (Å²) in [6, 6.07) is 4.20. The monoisotopic (exact) mass is 423 g/mol. The molecule has 1 aliphatic heterocycles. The molecule has 0 bridgehead atoms. The Kier molecular flexibility index (Phi) is 4.72. The van der Waals surface area contributed by atoms with Crippen LogP contribution < -0.4 is 4.90 Å². The number of halogens is 4. The van der Waals surface area contributed by atoms with Crippen molar-refractivity contribution in [3.8, 4) is 0 Å². The molecule has 1 saturated heterocycles. The van der Waals surface area contributed by atoms with E-state index < -0.39 is 11.7 Å². The van der Waals surface area contributed by atoms with Crippen molar-refractivity contribution in [2.75, 3.05) is 18.0 Å². The Morgan fingerprint density at radius 2 is 1.97 bits per heavy atom. The third kappa shape index (κ3) is 3.90. The van der Waals surface area contributed by atoms with E-state index in [1.165, 1.54) is 12.1 Å². The first-order valence-corrected chi connectivity index (χ1v) is 9.71. The van der Waals surface area contributed by atoms with Gasteiger partial charge in [-0.15, -0.1) is 0 Å². The highest BCUT2D eigenvalue weighted by Gasteiger charge is 2.40. The molecule has 2 aromatic heterocycles. The molecular formula is C20H21ClF3N5. The lowest BCUT2D eigenvalue weighted by molar-refractivity contribution is 0.0257. The van der Waals surface area contributed by atoms with Crippen molar-refractivity contribution >= 4 is 28.6 Å². The average molecular weight is 424 g/mol. The maximum Gasteiger partial charge on any atom is 0.266 e. The minimum atomic E-state index is -2.75. The van der Waals surface area contributed by atoms with Gasteiger partial charge in [0.2, 0.25) is 0 Å². The first kappa shape index (κ1) is 19.9. The van der Waals surface area contributed by atoms with Gasteiger partial charge in [-0.05, 0) is 17.7 Å². The van der Waals surface area contributed by atoms with Crippen molar-refractivity contribution in [2.45, 2.75) is 45.1 Å².